The molecule has 0 radical (unpaired) electrons. The molecule has 1 N–H and O–H groups in total. The minimum absolute atomic E-state index is 0.0220. The highest BCUT2D eigenvalue weighted by Crippen LogP contribution is 2.30. The zero-order chi connectivity index (χ0) is 28.2. The number of nitrogens with one attached hydrogen (secondary N) is 1. The third-order valence-corrected chi connectivity index (χ3v) is 6.86. The maximum absolute atomic E-state index is 13.2. The lowest BCUT2D eigenvalue weighted by Gasteiger charge is -2.18. The molecule has 40 heavy (non-hydrogen) atoms. The Labute approximate surface area is 231 Å². The van der Waals surface area contributed by atoms with Crippen molar-refractivity contribution in [3.05, 3.63) is 107 Å². The third-order valence-electron chi connectivity index (χ3n) is 6.86. The van der Waals surface area contributed by atoms with Crippen LogP contribution in [-0.2, 0) is 11.2 Å². The minimum atomic E-state index is -0.425. The SMILES string of the molecule is CN(C)C(=O)c1ccc(-c2ccc(Nc3cncc(N4CC[C@H](Cc5cccc([N+](=O)[O-])c5)C4=O)c3)nc2)cc1. The molecule has 10 nitrogen and oxygen atoms in total. The van der Waals surface area contributed by atoms with E-state index in [-0.39, 0.29) is 23.4 Å². The number of nitro benzene ring substituents is 1. The summed E-state index contributed by atoms with van der Waals surface area (Å²) in [5, 5.41) is 14.3. The van der Waals surface area contributed by atoms with Gasteiger partial charge in [-0.1, -0.05) is 24.3 Å². The first-order chi connectivity index (χ1) is 19.3. The van der Waals surface area contributed by atoms with E-state index >= 15 is 0 Å². The number of rotatable bonds is 8. The summed E-state index contributed by atoms with van der Waals surface area (Å²) in [5.41, 5.74) is 4.66. The largest absolute Gasteiger partial charge is 0.345 e. The van der Waals surface area contributed by atoms with E-state index < -0.39 is 4.92 Å². The van der Waals surface area contributed by atoms with Crippen LogP contribution >= 0.6 is 0 Å². The number of amides is 2. The van der Waals surface area contributed by atoms with Crippen LogP contribution in [0.4, 0.5) is 22.9 Å². The fourth-order valence-corrected chi connectivity index (χ4v) is 4.76. The molecule has 0 spiro atoms. The van der Waals surface area contributed by atoms with Crippen molar-refractivity contribution in [1.82, 2.24) is 14.9 Å². The van der Waals surface area contributed by atoms with Crippen LogP contribution in [0.15, 0.2) is 85.3 Å². The van der Waals surface area contributed by atoms with Crippen LogP contribution in [0.1, 0.15) is 22.3 Å². The van der Waals surface area contributed by atoms with Gasteiger partial charge in [0.25, 0.3) is 11.6 Å². The molecule has 10 heteroatoms. The van der Waals surface area contributed by atoms with Crippen molar-refractivity contribution >= 4 is 34.7 Å². The molecule has 2 aromatic carbocycles. The Bertz CT molecular complexity index is 1550. The number of anilines is 3. The van der Waals surface area contributed by atoms with E-state index in [1.165, 1.54) is 12.1 Å². The van der Waals surface area contributed by atoms with E-state index in [2.05, 4.69) is 15.3 Å². The zero-order valence-electron chi connectivity index (χ0n) is 22.2. The number of hydrogen-bond donors (Lipinski definition) is 1. The Morgan fingerprint density at radius 1 is 1.05 bits per heavy atom. The monoisotopic (exact) mass is 536 g/mol. The predicted octanol–water partition coefficient (Wildman–Crippen LogP) is 5.09. The number of non-ortho nitro benzene ring substituents is 1. The summed E-state index contributed by atoms with van der Waals surface area (Å²) in [6.07, 6.45) is 6.19. The molecule has 1 fully saturated rings. The lowest BCUT2D eigenvalue weighted by molar-refractivity contribution is -0.384. The molecule has 2 amide bonds. The molecule has 5 rings (SSSR count). The second kappa shape index (κ2) is 11.3. The number of pyridine rings is 2. The molecule has 1 atom stereocenters. The maximum Gasteiger partial charge on any atom is 0.269 e. The fraction of sp³-hybridized carbons (Fsp3) is 0.200. The van der Waals surface area contributed by atoms with E-state index in [0.29, 0.717) is 42.1 Å². The van der Waals surface area contributed by atoms with E-state index in [4.69, 9.17) is 0 Å². The topological polar surface area (TPSA) is 122 Å². The van der Waals surface area contributed by atoms with Crippen molar-refractivity contribution in [2.45, 2.75) is 12.8 Å². The van der Waals surface area contributed by atoms with Gasteiger partial charge in [0.05, 0.1) is 28.7 Å². The molecule has 0 aliphatic carbocycles. The zero-order valence-corrected chi connectivity index (χ0v) is 22.2. The molecule has 2 aromatic heterocycles. The number of carbonyl (C=O) groups is 2. The molecule has 4 aromatic rings. The maximum atomic E-state index is 13.2. The standard InChI is InChI=1S/C30H28N6O4/c1-34(2)29(37)22-8-6-21(7-9-22)24-10-11-28(32-17-24)33-25-16-27(19-31-18-25)35-13-12-23(30(35)38)14-20-4-3-5-26(15-20)36(39)40/h3-11,15-19,23H,12-14H2,1-2H3,(H,32,33)/t23-/m1/s1. The van der Waals surface area contributed by atoms with Crippen LogP contribution < -0.4 is 10.2 Å². The van der Waals surface area contributed by atoms with Gasteiger partial charge in [0.15, 0.2) is 0 Å². The molecule has 0 bridgehead atoms. The van der Waals surface area contributed by atoms with Crippen molar-refractivity contribution in [3.63, 3.8) is 0 Å². The highest BCUT2D eigenvalue weighted by atomic mass is 16.6. The summed E-state index contributed by atoms with van der Waals surface area (Å²) < 4.78 is 0. The number of aromatic nitrogens is 2. The van der Waals surface area contributed by atoms with Gasteiger partial charge in [0.2, 0.25) is 5.91 Å². The first kappa shape index (κ1) is 26.5. The molecule has 3 heterocycles. The average Bonchev–Trinajstić information content (AvgIpc) is 3.33. The third kappa shape index (κ3) is 5.80. The lowest BCUT2D eigenvalue weighted by Crippen LogP contribution is -2.27. The summed E-state index contributed by atoms with van der Waals surface area (Å²) in [4.78, 5) is 48.0. The van der Waals surface area contributed by atoms with Crippen LogP contribution in [0.3, 0.4) is 0 Å². The Balaban J connectivity index is 1.23. The van der Waals surface area contributed by atoms with Gasteiger partial charge in [-0.3, -0.25) is 24.7 Å². The second-order valence-electron chi connectivity index (χ2n) is 9.87. The van der Waals surface area contributed by atoms with Gasteiger partial charge < -0.3 is 15.1 Å². The highest BCUT2D eigenvalue weighted by molar-refractivity contribution is 5.97. The van der Waals surface area contributed by atoms with Crippen molar-refractivity contribution < 1.29 is 14.5 Å². The molecule has 0 unspecified atom stereocenters. The predicted molar refractivity (Wildman–Crippen MR) is 152 cm³/mol. The van der Waals surface area contributed by atoms with E-state index in [1.54, 1.807) is 60.7 Å². The minimum Gasteiger partial charge on any atom is -0.345 e. The van der Waals surface area contributed by atoms with E-state index in [9.17, 15) is 19.7 Å². The number of nitro groups is 1. The number of carbonyl (C=O) groups excluding carboxylic acids is 2. The average molecular weight is 537 g/mol. The van der Waals surface area contributed by atoms with Crippen molar-refractivity contribution in [2.75, 3.05) is 30.9 Å². The van der Waals surface area contributed by atoms with Crippen LogP contribution in [0.25, 0.3) is 11.1 Å². The molecule has 0 saturated carbocycles. The summed E-state index contributed by atoms with van der Waals surface area (Å²) in [6, 6.07) is 19.5. The summed E-state index contributed by atoms with van der Waals surface area (Å²) in [5.74, 6) is 0.307. The van der Waals surface area contributed by atoms with Crippen molar-refractivity contribution in [1.29, 1.82) is 0 Å². The molecular weight excluding hydrogens is 508 g/mol. The van der Waals surface area contributed by atoms with E-state index in [0.717, 1.165) is 16.7 Å². The fourth-order valence-electron chi connectivity index (χ4n) is 4.76. The number of benzene rings is 2. The first-order valence-electron chi connectivity index (χ1n) is 12.8. The number of nitrogens with zero attached hydrogens (tertiary/aromatic N) is 5. The summed E-state index contributed by atoms with van der Waals surface area (Å²) in [6.45, 7) is 0.551. The molecule has 202 valence electrons. The molecule has 1 saturated heterocycles. The highest BCUT2D eigenvalue weighted by Gasteiger charge is 2.33. The van der Waals surface area contributed by atoms with Crippen LogP contribution in [-0.4, -0.2) is 52.2 Å². The van der Waals surface area contributed by atoms with Gasteiger partial charge in [-0.15, -0.1) is 0 Å². The smallest absolute Gasteiger partial charge is 0.269 e. The number of hydrogen-bond acceptors (Lipinski definition) is 7. The van der Waals surface area contributed by atoms with Gasteiger partial charge in [-0.05, 0) is 54.3 Å². The van der Waals surface area contributed by atoms with Crippen LogP contribution in [0.2, 0.25) is 0 Å². The quantitative estimate of drug-likeness (QED) is 0.246. The van der Waals surface area contributed by atoms with Crippen LogP contribution in [0.5, 0.6) is 0 Å². The first-order valence-corrected chi connectivity index (χ1v) is 12.8. The van der Waals surface area contributed by atoms with Crippen LogP contribution in [0, 0.1) is 16.0 Å². The lowest BCUT2D eigenvalue weighted by atomic mass is 9.98. The molecule has 1 aliphatic rings. The van der Waals surface area contributed by atoms with Gasteiger partial charge in [0, 0.05) is 56.0 Å². The summed E-state index contributed by atoms with van der Waals surface area (Å²) >= 11 is 0. The van der Waals surface area contributed by atoms with Gasteiger partial charge in [-0.25, -0.2) is 4.98 Å². The van der Waals surface area contributed by atoms with Crippen molar-refractivity contribution in [3.8, 4) is 11.1 Å². The summed E-state index contributed by atoms with van der Waals surface area (Å²) in [7, 11) is 3.44. The molecule has 1 aliphatic heterocycles. The van der Waals surface area contributed by atoms with Gasteiger partial charge in [-0.2, -0.15) is 0 Å². The van der Waals surface area contributed by atoms with Gasteiger partial charge >= 0.3 is 0 Å². The second-order valence-corrected chi connectivity index (χ2v) is 9.87. The molecular formula is C30H28N6O4. The van der Waals surface area contributed by atoms with E-state index in [1.807, 2.05) is 36.4 Å². The Kier molecular flexibility index (Phi) is 7.50. The van der Waals surface area contributed by atoms with Gasteiger partial charge in [0.1, 0.15) is 5.82 Å². The normalized spacial score (nSPS) is 14.7. The Hall–Kier alpha value is -5.12. The Morgan fingerprint density at radius 2 is 1.82 bits per heavy atom. The van der Waals surface area contributed by atoms with Crippen molar-refractivity contribution in [2.24, 2.45) is 5.92 Å². The Morgan fingerprint density at radius 3 is 2.52 bits per heavy atom.